The van der Waals surface area contributed by atoms with Gasteiger partial charge in [-0.25, -0.2) is 0 Å². The zero-order chi connectivity index (χ0) is 13.8. The number of hydrogen-bond acceptors (Lipinski definition) is 7. The van der Waals surface area contributed by atoms with E-state index in [2.05, 4.69) is 10.2 Å². The first-order valence-electron chi connectivity index (χ1n) is 5.81. The Hall–Kier alpha value is -1.47. The number of nitrogens with zero attached hydrogens (tertiary/aromatic N) is 3. The molecule has 0 radical (unpaired) electrons. The number of nitrogen functional groups attached to an aromatic ring is 1. The van der Waals surface area contributed by atoms with E-state index in [9.17, 15) is 0 Å². The quantitative estimate of drug-likeness (QED) is 0.856. The summed E-state index contributed by atoms with van der Waals surface area (Å²) in [7, 11) is 3.89. The first-order chi connectivity index (χ1) is 9.11. The first kappa shape index (κ1) is 14.0. The van der Waals surface area contributed by atoms with Crippen LogP contribution >= 0.6 is 23.1 Å². The van der Waals surface area contributed by atoms with Crippen molar-refractivity contribution in [3.63, 3.8) is 0 Å². The number of nitrogens with two attached hydrogens (primary N) is 1. The van der Waals surface area contributed by atoms with Crippen LogP contribution < -0.4 is 15.4 Å². The molecule has 2 N–H and O–H groups in total. The minimum Gasteiger partial charge on any atom is -0.492 e. The molecule has 0 spiro atoms. The van der Waals surface area contributed by atoms with Crippen molar-refractivity contribution in [2.24, 2.45) is 0 Å². The third-order valence-corrected chi connectivity index (χ3v) is 4.52. The maximum atomic E-state index is 6.08. The highest BCUT2D eigenvalue weighted by Crippen LogP contribution is 2.39. The average Bonchev–Trinajstić information content (AvgIpc) is 2.83. The molecule has 1 heterocycles. The van der Waals surface area contributed by atoms with Crippen molar-refractivity contribution >= 4 is 33.9 Å². The summed E-state index contributed by atoms with van der Waals surface area (Å²) in [4.78, 5) is 2.87. The van der Waals surface area contributed by atoms with Gasteiger partial charge in [-0.05, 0) is 19.1 Å². The molecule has 2 rings (SSSR count). The van der Waals surface area contributed by atoms with Crippen molar-refractivity contribution in [1.82, 2.24) is 10.2 Å². The van der Waals surface area contributed by atoms with Gasteiger partial charge in [0.05, 0.1) is 12.3 Å². The summed E-state index contributed by atoms with van der Waals surface area (Å²) in [6, 6.07) is 5.76. The SMILES string of the molecule is CCOc1cccc(Sc2nnc(N(C)C)s2)c1N. The second-order valence-corrected chi connectivity index (χ2v) is 6.19. The molecular formula is C12H16N4OS2. The minimum absolute atomic E-state index is 0.599. The van der Waals surface area contributed by atoms with Crippen LogP contribution in [0.1, 0.15) is 6.92 Å². The van der Waals surface area contributed by atoms with Crippen molar-refractivity contribution in [1.29, 1.82) is 0 Å². The van der Waals surface area contributed by atoms with Crippen molar-refractivity contribution < 1.29 is 4.74 Å². The second-order valence-electron chi connectivity index (χ2n) is 3.95. The van der Waals surface area contributed by atoms with Crippen molar-refractivity contribution in [3.8, 4) is 5.75 Å². The molecule has 2 aromatic rings. The average molecular weight is 296 g/mol. The van der Waals surface area contributed by atoms with Gasteiger partial charge in [0.2, 0.25) is 5.13 Å². The van der Waals surface area contributed by atoms with Crippen molar-refractivity contribution in [2.75, 3.05) is 31.3 Å². The highest BCUT2D eigenvalue weighted by Gasteiger charge is 2.11. The predicted molar refractivity (Wildman–Crippen MR) is 80.4 cm³/mol. The smallest absolute Gasteiger partial charge is 0.208 e. The van der Waals surface area contributed by atoms with E-state index in [0.29, 0.717) is 18.0 Å². The fourth-order valence-electron chi connectivity index (χ4n) is 1.41. The van der Waals surface area contributed by atoms with E-state index in [-0.39, 0.29) is 0 Å². The molecule has 0 amide bonds. The zero-order valence-electron chi connectivity index (χ0n) is 11.1. The topological polar surface area (TPSA) is 64.3 Å². The Labute approximate surface area is 120 Å². The fraction of sp³-hybridized carbons (Fsp3) is 0.333. The summed E-state index contributed by atoms with van der Waals surface area (Å²) in [6.07, 6.45) is 0. The van der Waals surface area contributed by atoms with Gasteiger partial charge >= 0.3 is 0 Å². The van der Waals surface area contributed by atoms with Crippen LogP contribution in [0.25, 0.3) is 0 Å². The number of aromatic nitrogens is 2. The Kier molecular flexibility index (Phi) is 4.49. The van der Waals surface area contributed by atoms with Gasteiger partial charge in [0.15, 0.2) is 4.34 Å². The Morgan fingerprint density at radius 3 is 2.79 bits per heavy atom. The van der Waals surface area contributed by atoms with E-state index in [4.69, 9.17) is 10.5 Å². The molecule has 0 aliphatic heterocycles. The lowest BCUT2D eigenvalue weighted by molar-refractivity contribution is 0.341. The molecule has 0 fully saturated rings. The van der Waals surface area contributed by atoms with Crippen LogP contribution in [0.2, 0.25) is 0 Å². The molecule has 0 unspecified atom stereocenters. The largest absolute Gasteiger partial charge is 0.492 e. The second kappa shape index (κ2) is 6.12. The molecule has 0 atom stereocenters. The molecule has 0 saturated heterocycles. The molecule has 1 aromatic heterocycles. The molecule has 1 aromatic carbocycles. The Balaban J connectivity index is 2.20. The minimum atomic E-state index is 0.599. The van der Waals surface area contributed by atoms with Crippen LogP contribution in [0.4, 0.5) is 10.8 Å². The molecular weight excluding hydrogens is 280 g/mol. The summed E-state index contributed by atoms with van der Waals surface area (Å²) in [5.74, 6) is 0.713. The highest BCUT2D eigenvalue weighted by molar-refractivity contribution is 8.01. The van der Waals surface area contributed by atoms with Gasteiger partial charge in [-0.2, -0.15) is 0 Å². The molecule has 0 aliphatic carbocycles. The molecule has 5 nitrogen and oxygen atoms in total. The van der Waals surface area contributed by atoms with Gasteiger partial charge in [0, 0.05) is 19.0 Å². The predicted octanol–water partition coefficient (Wildman–Crippen LogP) is 2.74. The summed E-state index contributed by atoms with van der Waals surface area (Å²) in [5, 5.41) is 9.12. The molecule has 0 aliphatic rings. The number of hydrogen-bond donors (Lipinski definition) is 1. The standard InChI is InChI=1S/C12H16N4OS2/c1-4-17-8-6-5-7-9(10(8)13)18-12-15-14-11(19-12)16(2)3/h5-7H,4,13H2,1-3H3. The van der Waals surface area contributed by atoms with Crippen LogP contribution in [-0.2, 0) is 0 Å². The molecule has 0 saturated carbocycles. The van der Waals surface area contributed by atoms with Gasteiger partial charge in [-0.1, -0.05) is 29.2 Å². The maximum Gasteiger partial charge on any atom is 0.208 e. The number of benzene rings is 1. The first-order valence-corrected chi connectivity index (χ1v) is 7.45. The van der Waals surface area contributed by atoms with Gasteiger partial charge < -0.3 is 15.4 Å². The maximum absolute atomic E-state index is 6.08. The molecule has 0 bridgehead atoms. The lowest BCUT2D eigenvalue weighted by atomic mass is 10.3. The van der Waals surface area contributed by atoms with E-state index in [0.717, 1.165) is 14.4 Å². The van der Waals surface area contributed by atoms with Gasteiger partial charge in [0.25, 0.3) is 0 Å². The Morgan fingerprint density at radius 1 is 1.37 bits per heavy atom. The van der Waals surface area contributed by atoms with Crippen LogP contribution in [0, 0.1) is 0 Å². The lowest BCUT2D eigenvalue weighted by Gasteiger charge is -2.09. The summed E-state index contributed by atoms with van der Waals surface area (Å²) >= 11 is 3.04. The number of rotatable bonds is 5. The summed E-state index contributed by atoms with van der Waals surface area (Å²) < 4.78 is 6.34. The summed E-state index contributed by atoms with van der Waals surface area (Å²) in [5.41, 5.74) is 6.73. The highest BCUT2D eigenvalue weighted by atomic mass is 32.2. The molecule has 102 valence electrons. The Bertz CT molecular complexity index is 556. The number of ether oxygens (including phenoxy) is 1. The van der Waals surface area contributed by atoms with E-state index >= 15 is 0 Å². The third-order valence-electron chi connectivity index (χ3n) is 2.30. The van der Waals surface area contributed by atoms with Crippen LogP contribution in [-0.4, -0.2) is 30.9 Å². The van der Waals surface area contributed by atoms with Gasteiger partial charge in [0.1, 0.15) is 5.75 Å². The van der Waals surface area contributed by atoms with Crippen molar-refractivity contribution in [3.05, 3.63) is 18.2 Å². The molecule has 7 heteroatoms. The van der Waals surface area contributed by atoms with Gasteiger partial charge in [-0.3, -0.25) is 0 Å². The van der Waals surface area contributed by atoms with Crippen LogP contribution in [0.15, 0.2) is 27.4 Å². The normalized spacial score (nSPS) is 10.5. The monoisotopic (exact) mass is 296 g/mol. The van der Waals surface area contributed by atoms with E-state index in [1.807, 2.05) is 44.1 Å². The summed E-state index contributed by atoms with van der Waals surface area (Å²) in [6.45, 7) is 2.54. The fourth-order valence-corrected chi connectivity index (χ4v) is 3.20. The third kappa shape index (κ3) is 3.30. The van der Waals surface area contributed by atoms with E-state index in [1.54, 1.807) is 0 Å². The Morgan fingerprint density at radius 2 is 2.16 bits per heavy atom. The molecule has 19 heavy (non-hydrogen) atoms. The number of anilines is 2. The lowest BCUT2D eigenvalue weighted by Crippen LogP contribution is -2.07. The van der Waals surface area contributed by atoms with Crippen molar-refractivity contribution in [2.45, 2.75) is 16.2 Å². The van der Waals surface area contributed by atoms with Crippen LogP contribution in [0.5, 0.6) is 5.75 Å². The zero-order valence-corrected chi connectivity index (χ0v) is 12.7. The van der Waals surface area contributed by atoms with Gasteiger partial charge in [-0.15, -0.1) is 10.2 Å². The van der Waals surface area contributed by atoms with Crippen LogP contribution in [0.3, 0.4) is 0 Å². The van der Waals surface area contributed by atoms with E-state index < -0.39 is 0 Å². The van der Waals surface area contributed by atoms with E-state index in [1.165, 1.54) is 23.1 Å². The number of para-hydroxylation sites is 1.